The molecule has 1 aliphatic carbocycles. The zero-order valence-corrected chi connectivity index (χ0v) is 23.3. The summed E-state index contributed by atoms with van der Waals surface area (Å²) in [6.45, 7) is 2.11. The lowest BCUT2D eigenvalue weighted by atomic mass is 10.0. The first-order valence-electron chi connectivity index (χ1n) is 13.2. The molecule has 2 aliphatic rings. The minimum Gasteiger partial charge on any atom is -0.383 e. The normalized spacial score (nSPS) is 19.6. The minimum absolute atomic E-state index is 0.0440. The fourth-order valence-electron chi connectivity index (χ4n) is 6.06. The van der Waals surface area contributed by atoms with Crippen LogP contribution in [0.2, 0.25) is 0 Å². The Hall–Kier alpha value is -4.31. The number of hydrogen-bond donors (Lipinski definition) is 2. The fraction of sp³-hybridized carbons (Fsp3) is 0.233. The second kappa shape index (κ2) is 9.41. The van der Waals surface area contributed by atoms with Crippen LogP contribution in [0.5, 0.6) is 0 Å². The highest BCUT2D eigenvalue weighted by molar-refractivity contribution is 9.10. The number of piperidine rings is 1. The van der Waals surface area contributed by atoms with E-state index in [1.807, 2.05) is 22.8 Å². The van der Waals surface area contributed by atoms with Crippen LogP contribution in [0, 0.1) is 12.8 Å². The molecule has 7 rings (SSSR count). The van der Waals surface area contributed by atoms with Crippen LogP contribution in [-0.4, -0.2) is 48.3 Å². The van der Waals surface area contributed by atoms with Crippen LogP contribution in [0.3, 0.4) is 0 Å². The maximum Gasteiger partial charge on any atom is 0.248 e. The molecule has 40 heavy (non-hydrogen) atoms. The molecule has 3 N–H and O–H groups in total. The third kappa shape index (κ3) is 4.19. The van der Waals surface area contributed by atoms with Crippen molar-refractivity contribution in [1.82, 2.24) is 24.4 Å². The lowest BCUT2D eigenvalue weighted by Crippen LogP contribution is -2.46. The molecule has 1 saturated heterocycles. The van der Waals surface area contributed by atoms with Gasteiger partial charge < -0.3 is 20.5 Å². The van der Waals surface area contributed by atoms with Gasteiger partial charge in [-0.2, -0.15) is 0 Å². The van der Waals surface area contributed by atoms with Gasteiger partial charge in [0, 0.05) is 11.4 Å². The first kappa shape index (κ1) is 24.7. The van der Waals surface area contributed by atoms with Crippen molar-refractivity contribution in [3.05, 3.63) is 77.2 Å². The second-order valence-electron chi connectivity index (χ2n) is 10.6. The summed E-state index contributed by atoms with van der Waals surface area (Å²) in [5.41, 5.74) is 11.1. The number of aromatic nitrogens is 4. The summed E-state index contributed by atoms with van der Waals surface area (Å²) in [7, 11) is 0. The zero-order chi connectivity index (χ0) is 27.5. The van der Waals surface area contributed by atoms with Crippen LogP contribution >= 0.6 is 15.9 Å². The smallest absolute Gasteiger partial charge is 0.248 e. The standard InChI is InChI=1S/C30H26BrN7O2/c1-16-4-2-5-17(10-16)18-8-9-21-20(11-18)27-28(32)33-15-34-29(27)37(21)14-26(39)38-22-12-19(22)13-23(38)30(40)36-25-7-3-6-24(31)35-25/h2-11,15,19,22-23H,12-14H2,1H3,(H2,32,33,34)(H,35,36,40)/t19?,22-,23+/m1/s1. The topological polar surface area (TPSA) is 119 Å². The number of halogens is 1. The molecule has 1 aliphatic heterocycles. The third-order valence-corrected chi connectivity index (χ3v) is 8.42. The van der Waals surface area contributed by atoms with Gasteiger partial charge in [-0.1, -0.05) is 42.0 Å². The summed E-state index contributed by atoms with van der Waals surface area (Å²) < 4.78 is 2.52. The highest BCUT2D eigenvalue weighted by Crippen LogP contribution is 2.48. The molecule has 3 atom stereocenters. The lowest BCUT2D eigenvalue weighted by Gasteiger charge is -2.27. The molecule has 2 fully saturated rings. The van der Waals surface area contributed by atoms with Crippen LogP contribution in [0.15, 0.2) is 71.6 Å². The SMILES string of the molecule is Cc1cccc(-c2ccc3c(c2)c2c(N)ncnc2n3CC(=O)N2[C@@H]3CC3C[C@H]2C(=O)Nc2cccc(Br)n2)c1. The summed E-state index contributed by atoms with van der Waals surface area (Å²) in [6.07, 6.45) is 3.00. The molecular formula is C30H26BrN7O2. The second-order valence-corrected chi connectivity index (χ2v) is 11.4. The van der Waals surface area contributed by atoms with E-state index in [-0.39, 0.29) is 24.4 Å². The largest absolute Gasteiger partial charge is 0.383 e. The average molecular weight is 596 g/mol. The first-order chi connectivity index (χ1) is 19.4. The van der Waals surface area contributed by atoms with Gasteiger partial charge in [0.05, 0.1) is 10.9 Å². The molecule has 4 heterocycles. The number of nitrogens with two attached hydrogens (primary N) is 1. The number of benzene rings is 2. The number of nitrogens with one attached hydrogen (secondary N) is 1. The van der Waals surface area contributed by atoms with Gasteiger partial charge in [-0.25, -0.2) is 15.0 Å². The summed E-state index contributed by atoms with van der Waals surface area (Å²) >= 11 is 3.34. The van der Waals surface area contributed by atoms with Crippen LogP contribution in [0.4, 0.5) is 11.6 Å². The first-order valence-corrected chi connectivity index (χ1v) is 14.0. The van der Waals surface area contributed by atoms with Crippen molar-refractivity contribution < 1.29 is 9.59 Å². The number of carbonyl (C=O) groups is 2. The number of nitrogens with zero attached hydrogens (tertiary/aromatic N) is 5. The van der Waals surface area contributed by atoms with E-state index in [2.05, 4.69) is 73.5 Å². The number of aryl methyl sites for hydroxylation is 1. The number of nitrogen functional groups attached to an aromatic ring is 1. The predicted molar refractivity (Wildman–Crippen MR) is 157 cm³/mol. The Bertz CT molecular complexity index is 1830. The molecule has 0 radical (unpaired) electrons. The van der Waals surface area contributed by atoms with Gasteiger partial charge in [0.2, 0.25) is 11.8 Å². The van der Waals surface area contributed by atoms with E-state index in [0.717, 1.165) is 33.8 Å². The quantitative estimate of drug-likeness (QED) is 0.278. The van der Waals surface area contributed by atoms with Crippen LogP contribution in [-0.2, 0) is 16.1 Å². The van der Waals surface area contributed by atoms with Gasteiger partial charge in [-0.3, -0.25) is 9.59 Å². The number of hydrogen-bond acceptors (Lipinski definition) is 6. The average Bonchev–Trinajstić information content (AvgIpc) is 3.48. The summed E-state index contributed by atoms with van der Waals surface area (Å²) in [5, 5.41) is 4.50. The summed E-state index contributed by atoms with van der Waals surface area (Å²) in [4.78, 5) is 42.0. The van der Waals surface area contributed by atoms with Crippen LogP contribution in [0.25, 0.3) is 33.1 Å². The van der Waals surface area contributed by atoms with E-state index in [1.165, 1.54) is 11.9 Å². The van der Waals surface area contributed by atoms with Crippen molar-refractivity contribution in [2.45, 2.75) is 38.4 Å². The summed E-state index contributed by atoms with van der Waals surface area (Å²) in [5.74, 6) is 0.827. The van der Waals surface area contributed by atoms with Crippen molar-refractivity contribution in [1.29, 1.82) is 0 Å². The number of amides is 2. The molecule has 1 saturated carbocycles. The van der Waals surface area contributed by atoms with Gasteiger partial charge in [-0.15, -0.1) is 0 Å². The molecule has 2 aromatic carbocycles. The molecule has 1 unspecified atom stereocenters. The monoisotopic (exact) mass is 595 g/mol. The predicted octanol–water partition coefficient (Wildman–Crippen LogP) is 4.93. The van der Waals surface area contributed by atoms with E-state index >= 15 is 0 Å². The number of anilines is 2. The Kier molecular flexibility index (Phi) is 5.81. The fourth-order valence-corrected chi connectivity index (χ4v) is 6.40. The number of likely N-dealkylation sites (tertiary alicyclic amines) is 1. The lowest BCUT2D eigenvalue weighted by molar-refractivity contribution is -0.138. The summed E-state index contributed by atoms with van der Waals surface area (Å²) in [6, 6.07) is 19.3. The van der Waals surface area contributed by atoms with Gasteiger partial charge in [0.1, 0.15) is 40.8 Å². The maximum absolute atomic E-state index is 13.9. The number of carbonyl (C=O) groups excluding carboxylic acids is 2. The van der Waals surface area contributed by atoms with Gasteiger partial charge >= 0.3 is 0 Å². The number of rotatable bonds is 5. The van der Waals surface area contributed by atoms with Crippen molar-refractivity contribution in [3.63, 3.8) is 0 Å². The Balaban J connectivity index is 1.23. The molecule has 10 heteroatoms. The van der Waals surface area contributed by atoms with Crippen LogP contribution in [0.1, 0.15) is 18.4 Å². The molecule has 200 valence electrons. The number of fused-ring (bicyclic) bond motifs is 4. The molecule has 9 nitrogen and oxygen atoms in total. The van der Waals surface area contributed by atoms with E-state index in [1.54, 1.807) is 17.0 Å². The Labute approximate surface area is 238 Å². The zero-order valence-electron chi connectivity index (χ0n) is 21.7. The molecule has 0 bridgehead atoms. The van der Waals surface area contributed by atoms with Crippen molar-refractivity contribution in [2.24, 2.45) is 5.92 Å². The van der Waals surface area contributed by atoms with Crippen molar-refractivity contribution >= 4 is 61.3 Å². The van der Waals surface area contributed by atoms with E-state index in [4.69, 9.17) is 5.73 Å². The van der Waals surface area contributed by atoms with Crippen LogP contribution < -0.4 is 11.1 Å². The Morgan fingerprint density at radius 2 is 1.88 bits per heavy atom. The molecule has 5 aromatic rings. The van der Waals surface area contributed by atoms with E-state index in [9.17, 15) is 9.59 Å². The van der Waals surface area contributed by atoms with Gasteiger partial charge in [0.15, 0.2) is 0 Å². The third-order valence-electron chi connectivity index (χ3n) is 7.98. The maximum atomic E-state index is 13.9. The van der Waals surface area contributed by atoms with Crippen molar-refractivity contribution in [3.8, 4) is 11.1 Å². The molecule has 3 aromatic heterocycles. The molecule has 2 amide bonds. The Morgan fingerprint density at radius 3 is 2.70 bits per heavy atom. The highest BCUT2D eigenvalue weighted by Gasteiger charge is 2.56. The van der Waals surface area contributed by atoms with E-state index in [0.29, 0.717) is 34.2 Å². The molecule has 0 spiro atoms. The Morgan fingerprint density at radius 1 is 1.05 bits per heavy atom. The minimum atomic E-state index is -0.544. The highest BCUT2D eigenvalue weighted by atomic mass is 79.9. The number of pyridine rings is 1. The molecular weight excluding hydrogens is 570 g/mol. The van der Waals surface area contributed by atoms with E-state index < -0.39 is 6.04 Å². The van der Waals surface area contributed by atoms with Crippen molar-refractivity contribution in [2.75, 3.05) is 11.1 Å². The van der Waals surface area contributed by atoms with Gasteiger partial charge in [0.25, 0.3) is 0 Å². The van der Waals surface area contributed by atoms with Gasteiger partial charge in [-0.05, 0) is 77.0 Å².